The third-order valence-electron chi connectivity index (χ3n) is 5.24. The number of aliphatic imine (C=N–C) groups is 1. The summed E-state index contributed by atoms with van der Waals surface area (Å²) < 4.78 is 19.1. The predicted molar refractivity (Wildman–Crippen MR) is 156 cm³/mol. The monoisotopic (exact) mass is 550 g/mol. The van der Waals surface area contributed by atoms with Gasteiger partial charge in [0.15, 0.2) is 0 Å². The van der Waals surface area contributed by atoms with Gasteiger partial charge in [0.2, 0.25) is 5.91 Å². The SMILES string of the molecule is C=C/N=C1C=C(/C=C/CNC(=O)/C=C/CN(C)C)NC/1=C(/N)Nc1ccc(OCc2cccc(F)c2)c(Cl)c1. The Labute approximate surface area is 233 Å². The van der Waals surface area contributed by atoms with Gasteiger partial charge in [-0.1, -0.05) is 42.5 Å². The van der Waals surface area contributed by atoms with Crippen LogP contribution < -0.4 is 26.4 Å². The first-order chi connectivity index (χ1) is 18.7. The van der Waals surface area contributed by atoms with Crippen LogP contribution in [0.5, 0.6) is 5.75 Å². The van der Waals surface area contributed by atoms with E-state index in [4.69, 9.17) is 22.1 Å². The molecule has 0 bridgehead atoms. The molecule has 0 spiro atoms. The number of amides is 1. The average molecular weight is 551 g/mol. The maximum absolute atomic E-state index is 13.4. The molecule has 1 aliphatic heterocycles. The largest absolute Gasteiger partial charge is 0.487 e. The Morgan fingerprint density at radius 1 is 1.26 bits per heavy atom. The third kappa shape index (κ3) is 9.48. The second-order valence-electron chi connectivity index (χ2n) is 8.71. The van der Waals surface area contributed by atoms with Crippen molar-refractivity contribution in [1.29, 1.82) is 0 Å². The maximum atomic E-state index is 13.4. The van der Waals surface area contributed by atoms with Crippen LogP contribution in [0.15, 0.2) is 108 Å². The number of nitrogens with zero attached hydrogens (tertiary/aromatic N) is 2. The van der Waals surface area contributed by atoms with Crippen molar-refractivity contribution in [2.45, 2.75) is 6.61 Å². The Hall–Kier alpha value is -4.34. The first-order valence-electron chi connectivity index (χ1n) is 12.1. The van der Waals surface area contributed by atoms with Gasteiger partial charge in [-0.25, -0.2) is 4.39 Å². The van der Waals surface area contributed by atoms with E-state index in [0.29, 0.717) is 52.3 Å². The Morgan fingerprint density at radius 2 is 2.08 bits per heavy atom. The molecule has 0 aliphatic carbocycles. The normalized spacial score (nSPS) is 15.5. The first kappa shape index (κ1) is 29.2. The van der Waals surface area contributed by atoms with E-state index in [9.17, 15) is 9.18 Å². The van der Waals surface area contributed by atoms with Crippen molar-refractivity contribution >= 4 is 28.9 Å². The summed E-state index contributed by atoms with van der Waals surface area (Å²) in [7, 11) is 3.86. The Bertz CT molecular complexity index is 1350. The molecule has 0 saturated carbocycles. The molecule has 204 valence electrons. The Kier molecular flexibility index (Phi) is 10.9. The van der Waals surface area contributed by atoms with Crippen molar-refractivity contribution in [1.82, 2.24) is 15.5 Å². The van der Waals surface area contributed by atoms with Gasteiger partial charge in [-0.2, -0.15) is 0 Å². The van der Waals surface area contributed by atoms with E-state index in [-0.39, 0.29) is 18.3 Å². The Morgan fingerprint density at radius 3 is 2.79 bits per heavy atom. The molecule has 1 heterocycles. The number of carbonyl (C=O) groups is 1. The number of allylic oxidation sites excluding steroid dienone is 2. The van der Waals surface area contributed by atoms with E-state index < -0.39 is 0 Å². The molecule has 39 heavy (non-hydrogen) atoms. The molecule has 10 heteroatoms. The van der Waals surface area contributed by atoms with Crippen LogP contribution in [-0.4, -0.2) is 43.7 Å². The van der Waals surface area contributed by atoms with Crippen molar-refractivity contribution in [3.63, 3.8) is 0 Å². The molecular weight excluding hydrogens is 519 g/mol. The summed E-state index contributed by atoms with van der Waals surface area (Å²) in [5.74, 6) is 0.287. The summed E-state index contributed by atoms with van der Waals surface area (Å²) in [6.45, 7) is 4.90. The lowest BCUT2D eigenvalue weighted by Crippen LogP contribution is -2.22. The minimum Gasteiger partial charge on any atom is -0.487 e. The van der Waals surface area contributed by atoms with E-state index in [1.807, 2.05) is 37.2 Å². The lowest BCUT2D eigenvalue weighted by atomic mass is 10.2. The number of ether oxygens (including phenoxy) is 1. The van der Waals surface area contributed by atoms with Crippen molar-refractivity contribution in [3.05, 3.63) is 119 Å². The van der Waals surface area contributed by atoms with Gasteiger partial charge < -0.3 is 31.3 Å². The smallest absolute Gasteiger partial charge is 0.243 e. The fraction of sp³-hybridized carbons (Fsp3) is 0.172. The van der Waals surface area contributed by atoms with Gasteiger partial charge in [-0.15, -0.1) is 0 Å². The van der Waals surface area contributed by atoms with Crippen molar-refractivity contribution in [2.75, 3.05) is 32.5 Å². The highest BCUT2D eigenvalue weighted by atomic mass is 35.5. The molecule has 5 N–H and O–H groups in total. The molecule has 0 atom stereocenters. The number of benzene rings is 2. The van der Waals surface area contributed by atoms with Crippen molar-refractivity contribution < 1.29 is 13.9 Å². The van der Waals surface area contributed by atoms with Gasteiger partial charge in [0, 0.05) is 36.7 Å². The topological polar surface area (TPSA) is 104 Å². The summed E-state index contributed by atoms with van der Waals surface area (Å²) in [6, 6.07) is 11.3. The number of nitrogens with one attached hydrogen (secondary N) is 3. The molecule has 0 aromatic heterocycles. The number of carbonyl (C=O) groups excluding carboxylic acids is 1. The van der Waals surface area contributed by atoms with Crippen molar-refractivity contribution in [3.8, 4) is 5.75 Å². The number of hydrogen-bond acceptors (Lipinski definition) is 7. The number of likely N-dealkylation sites (N-methyl/N-ethyl adjacent to an activating group) is 1. The molecule has 1 aliphatic rings. The predicted octanol–water partition coefficient (Wildman–Crippen LogP) is 4.46. The van der Waals surface area contributed by atoms with Crippen LogP contribution in [0.25, 0.3) is 0 Å². The minimum atomic E-state index is -0.325. The molecule has 0 unspecified atom stereocenters. The molecule has 2 aromatic carbocycles. The van der Waals surface area contributed by atoms with Crippen LogP contribution in [-0.2, 0) is 11.4 Å². The van der Waals surface area contributed by atoms with E-state index in [0.717, 1.165) is 5.70 Å². The number of nitrogens with two attached hydrogens (primary N) is 1. The highest BCUT2D eigenvalue weighted by molar-refractivity contribution is 6.32. The molecule has 8 nitrogen and oxygen atoms in total. The van der Waals surface area contributed by atoms with Crippen LogP contribution >= 0.6 is 11.6 Å². The fourth-order valence-electron chi connectivity index (χ4n) is 3.44. The van der Waals surface area contributed by atoms with Crippen LogP contribution in [0.3, 0.4) is 0 Å². The minimum absolute atomic E-state index is 0.165. The summed E-state index contributed by atoms with van der Waals surface area (Å²) in [4.78, 5) is 18.1. The Balaban J connectivity index is 1.60. The van der Waals surface area contributed by atoms with Gasteiger partial charge >= 0.3 is 0 Å². The highest BCUT2D eigenvalue weighted by Crippen LogP contribution is 2.29. The number of halogens is 2. The molecule has 0 saturated heterocycles. The summed E-state index contributed by atoms with van der Waals surface area (Å²) >= 11 is 6.40. The average Bonchev–Trinajstić information content (AvgIpc) is 3.29. The second-order valence-corrected chi connectivity index (χ2v) is 9.12. The van der Waals surface area contributed by atoms with Gasteiger partial charge in [0.1, 0.15) is 29.7 Å². The number of hydrogen-bond donors (Lipinski definition) is 4. The fourth-order valence-corrected chi connectivity index (χ4v) is 3.67. The lowest BCUT2D eigenvalue weighted by Gasteiger charge is -2.13. The highest BCUT2D eigenvalue weighted by Gasteiger charge is 2.18. The van der Waals surface area contributed by atoms with Gasteiger partial charge in [-0.05, 0) is 62.1 Å². The molecule has 0 fully saturated rings. The molecular formula is C29H32ClFN6O2. The summed E-state index contributed by atoms with van der Waals surface area (Å²) in [6.07, 6.45) is 10.2. The standard InChI is InChI=1S/C29H32ClFN6O2/c1-4-33-25-18-22(10-6-14-34-27(38)11-7-15-37(2)3)35-28(25)29(32)36-23-12-13-26(24(30)17-23)39-19-20-8-5-9-21(31)16-20/h4-13,16-18,35-36H,1,14-15,19,32H2,2-3H3,(H,34,38)/b10-6+,11-7+,29-28-,33-25-. The first-order valence-corrected chi connectivity index (χ1v) is 12.5. The third-order valence-corrected chi connectivity index (χ3v) is 5.54. The molecule has 2 aromatic rings. The molecule has 1 amide bonds. The van der Waals surface area contributed by atoms with Crippen LogP contribution in [0.1, 0.15) is 5.56 Å². The zero-order valence-electron chi connectivity index (χ0n) is 21.9. The summed E-state index contributed by atoms with van der Waals surface area (Å²) in [5.41, 5.74) is 9.57. The van der Waals surface area contributed by atoms with Gasteiger partial charge in [-0.3, -0.25) is 9.79 Å². The van der Waals surface area contributed by atoms with E-state index in [1.165, 1.54) is 24.4 Å². The van der Waals surface area contributed by atoms with Crippen LogP contribution in [0.4, 0.5) is 10.1 Å². The number of rotatable bonds is 12. The molecule has 0 radical (unpaired) electrons. The van der Waals surface area contributed by atoms with E-state index in [1.54, 1.807) is 36.4 Å². The van der Waals surface area contributed by atoms with Crippen molar-refractivity contribution in [2.24, 2.45) is 10.7 Å². The number of anilines is 1. The van der Waals surface area contributed by atoms with E-state index in [2.05, 4.69) is 27.5 Å². The van der Waals surface area contributed by atoms with Crippen LogP contribution in [0.2, 0.25) is 5.02 Å². The summed E-state index contributed by atoms with van der Waals surface area (Å²) in [5, 5.41) is 9.50. The van der Waals surface area contributed by atoms with Gasteiger partial charge in [0.25, 0.3) is 0 Å². The lowest BCUT2D eigenvalue weighted by molar-refractivity contribution is -0.116. The zero-order valence-corrected chi connectivity index (χ0v) is 22.6. The quantitative estimate of drug-likeness (QED) is 0.291. The maximum Gasteiger partial charge on any atom is 0.243 e. The van der Waals surface area contributed by atoms with Crippen LogP contribution in [0, 0.1) is 5.82 Å². The van der Waals surface area contributed by atoms with Gasteiger partial charge in [0.05, 0.1) is 10.7 Å². The zero-order chi connectivity index (χ0) is 28.2. The van der Waals surface area contributed by atoms with E-state index >= 15 is 0 Å². The second kappa shape index (κ2) is 14.6. The molecule has 3 rings (SSSR count).